The van der Waals surface area contributed by atoms with E-state index in [0.717, 1.165) is 23.7 Å². The van der Waals surface area contributed by atoms with Crippen LogP contribution in [0.1, 0.15) is 169 Å². The summed E-state index contributed by atoms with van der Waals surface area (Å²) in [5.41, 5.74) is 11.2. The van der Waals surface area contributed by atoms with E-state index in [-0.39, 0.29) is 24.8 Å². The van der Waals surface area contributed by atoms with Crippen molar-refractivity contribution in [2.24, 2.45) is 11.8 Å². The zero-order valence-electron chi connectivity index (χ0n) is 40.1. The summed E-state index contributed by atoms with van der Waals surface area (Å²) in [6, 6.07) is 43.0. The summed E-state index contributed by atoms with van der Waals surface area (Å²) in [5.74, 6) is 3.40. The van der Waals surface area contributed by atoms with E-state index in [1.165, 1.54) is 208 Å². The minimum atomic E-state index is -3.93. The van der Waals surface area contributed by atoms with Gasteiger partial charge in [-0.25, -0.2) is 0 Å². The van der Waals surface area contributed by atoms with Crippen LogP contribution >= 0.6 is 0 Å². The maximum atomic E-state index is 11.4. The van der Waals surface area contributed by atoms with Crippen molar-refractivity contribution in [2.75, 3.05) is 0 Å². The second kappa shape index (κ2) is 26.7. The van der Waals surface area contributed by atoms with Crippen molar-refractivity contribution in [1.82, 2.24) is 0 Å². The molecule has 4 fully saturated rings. The van der Waals surface area contributed by atoms with Gasteiger partial charge < -0.3 is 24.8 Å². The molecule has 0 heterocycles. The van der Waals surface area contributed by atoms with Crippen LogP contribution in [-0.4, -0.2) is 11.6 Å². The average molecular weight is 1040 g/mol. The third-order valence-corrected chi connectivity index (χ3v) is 18.3. The molecule has 0 atom stereocenters. The quantitative estimate of drug-likeness (QED) is 0.0947. The maximum absolute atomic E-state index is 11.4. The molecule has 0 nitrogen and oxygen atoms in total. The molecule has 4 aliphatic carbocycles. The van der Waals surface area contributed by atoms with Gasteiger partial charge in [0, 0.05) is 0 Å². The summed E-state index contributed by atoms with van der Waals surface area (Å²) < 4.78 is 34.3. The van der Waals surface area contributed by atoms with E-state index in [9.17, 15) is 13.2 Å². The van der Waals surface area contributed by atoms with Crippen LogP contribution in [0, 0.1) is 11.8 Å². The molecule has 0 N–H and O–H groups in total. The summed E-state index contributed by atoms with van der Waals surface area (Å²) in [5, 5.41) is 5.72. The predicted octanol–water partition coefficient (Wildman–Crippen LogP) is 12.9. The molecule has 0 radical (unpaired) electrons. The Kier molecular flexibility index (Phi) is 21.5. The van der Waals surface area contributed by atoms with Gasteiger partial charge in [-0.1, -0.05) is 175 Å². The molecule has 10 rings (SSSR count). The van der Waals surface area contributed by atoms with Gasteiger partial charge in [-0.15, -0.1) is 69.1 Å². The fourth-order valence-electron chi connectivity index (χ4n) is 11.9. The van der Waals surface area contributed by atoms with Crippen molar-refractivity contribution in [2.45, 2.75) is 178 Å². The van der Waals surface area contributed by atoms with Gasteiger partial charge in [0.15, 0.2) is 0 Å². The second-order valence-corrected chi connectivity index (χ2v) is 28.9. The molecule has 4 saturated carbocycles. The smallest absolute Gasteiger partial charge is 0.0162 e. The molecule has 0 aliphatic heterocycles. The van der Waals surface area contributed by atoms with Crippen molar-refractivity contribution < 1.29 is 61.3 Å². The molecule has 0 aromatic heterocycles. The van der Waals surface area contributed by atoms with Crippen molar-refractivity contribution in [3.8, 4) is 22.3 Å². The Balaban J connectivity index is 0.000000183. The largest absolute Gasteiger partial charge is 1.00 e. The molecule has 0 bridgehead atoms. The SMILES string of the molecule is C[Si](=[Zr+2])CCC(F)(F)F.[Cl-].[Cl-].c1cc(-c2ccc(C3CCCCC3)cc2)c2cc(CC3CCCCC3)[cH-]c2c1.c1cc(-c2ccc(C3CCCCC3)cc2)c2cc(CC3CCCCC3)[cH-]c2c1. The van der Waals surface area contributed by atoms with Crippen LogP contribution in [0.4, 0.5) is 13.2 Å². The van der Waals surface area contributed by atoms with Crippen LogP contribution in [0.2, 0.25) is 12.6 Å². The Labute approximate surface area is 429 Å². The Bertz CT molecular complexity index is 2230. The molecule has 6 aromatic carbocycles. The number of hydrogen-bond donors (Lipinski definition) is 0. The van der Waals surface area contributed by atoms with Gasteiger partial charge >= 0.3 is 67.1 Å². The number of alkyl halides is 3. The fourth-order valence-corrected chi connectivity index (χ4v) is 13.4. The van der Waals surface area contributed by atoms with Gasteiger partial charge in [0.1, 0.15) is 0 Å². The van der Waals surface area contributed by atoms with E-state index >= 15 is 0 Å². The Morgan fingerprint density at radius 2 is 0.866 bits per heavy atom. The van der Waals surface area contributed by atoms with E-state index in [1.54, 1.807) is 22.3 Å². The van der Waals surface area contributed by atoms with Gasteiger partial charge in [0.2, 0.25) is 0 Å². The van der Waals surface area contributed by atoms with E-state index < -0.39 is 18.0 Å². The minimum Gasteiger partial charge on any atom is -1.00 e. The molecule has 6 aromatic rings. The third-order valence-electron chi connectivity index (χ3n) is 15.5. The van der Waals surface area contributed by atoms with E-state index in [4.69, 9.17) is 0 Å². The average Bonchev–Trinajstić information content (AvgIpc) is 3.96. The van der Waals surface area contributed by atoms with Crippen LogP contribution < -0.4 is 24.8 Å². The Morgan fingerprint density at radius 3 is 1.19 bits per heavy atom. The molecule has 7 heteroatoms. The monoisotopic (exact) mass is 1040 g/mol. The first-order valence-electron chi connectivity index (χ1n) is 25.8. The van der Waals surface area contributed by atoms with E-state index in [1.807, 2.05) is 6.55 Å². The number of fused-ring (bicyclic) bond motifs is 2. The first kappa shape index (κ1) is 53.9. The van der Waals surface area contributed by atoms with E-state index in [0.29, 0.717) is 6.04 Å². The van der Waals surface area contributed by atoms with Crippen molar-refractivity contribution >= 4 is 27.0 Å². The van der Waals surface area contributed by atoms with Crippen molar-refractivity contribution in [1.29, 1.82) is 0 Å². The second-order valence-electron chi connectivity index (χ2n) is 20.6. The number of halogens is 5. The summed E-state index contributed by atoms with van der Waals surface area (Å²) in [7, 11) is 0. The third kappa shape index (κ3) is 15.8. The molecular formula is C60H73Cl2F3SiZr-2. The summed E-state index contributed by atoms with van der Waals surface area (Å²) in [6.07, 6.45) is 26.4. The normalized spacial score (nSPS) is 17.7. The van der Waals surface area contributed by atoms with Gasteiger partial charge in [-0.3, -0.25) is 0 Å². The molecule has 0 saturated heterocycles. The Morgan fingerprint density at radius 1 is 0.507 bits per heavy atom. The molecule has 67 heavy (non-hydrogen) atoms. The van der Waals surface area contributed by atoms with Gasteiger partial charge in [0.05, 0.1) is 0 Å². The van der Waals surface area contributed by atoms with Crippen LogP contribution in [0.3, 0.4) is 0 Å². The molecular weight excluding hydrogens is 968 g/mol. The summed E-state index contributed by atoms with van der Waals surface area (Å²) >= 11 is 1.29. The van der Waals surface area contributed by atoms with Crippen molar-refractivity contribution in [3.05, 3.63) is 131 Å². The van der Waals surface area contributed by atoms with Gasteiger partial charge in [-0.2, -0.15) is 12.1 Å². The predicted molar refractivity (Wildman–Crippen MR) is 269 cm³/mol. The van der Waals surface area contributed by atoms with Gasteiger partial charge in [0.25, 0.3) is 0 Å². The number of benzene rings is 4. The first-order valence-corrected chi connectivity index (χ1v) is 31.7. The topological polar surface area (TPSA) is 0 Å². The molecule has 358 valence electrons. The van der Waals surface area contributed by atoms with Gasteiger partial charge in [-0.05, 0) is 84.5 Å². The van der Waals surface area contributed by atoms with E-state index in [2.05, 4.69) is 109 Å². The van der Waals surface area contributed by atoms with Crippen LogP contribution in [0.5, 0.6) is 0 Å². The Hall–Kier alpha value is -2.43. The molecule has 0 amide bonds. The zero-order valence-corrected chi connectivity index (χ0v) is 45.0. The zero-order chi connectivity index (χ0) is 45.0. The maximum Gasteiger partial charge on any atom is -0.0162 e. The van der Waals surface area contributed by atoms with Crippen LogP contribution in [-0.2, 0) is 36.2 Å². The molecule has 0 spiro atoms. The van der Waals surface area contributed by atoms with Crippen LogP contribution in [0.15, 0.2) is 109 Å². The minimum absolute atomic E-state index is 0. The summed E-state index contributed by atoms with van der Waals surface area (Å²) in [4.78, 5) is 0. The van der Waals surface area contributed by atoms with Crippen molar-refractivity contribution in [3.63, 3.8) is 0 Å². The fraction of sp³-hybridized carbons (Fsp3) is 0.500. The standard InChI is InChI=1S/2C28H33.C4H7F3Si.2ClH.Zr/c2*1-3-8-21(9-4-1)18-22-19-26-12-7-13-27(28(26)20-22)25-16-14-24(15-17-25)23-10-5-2-6-11-23;1-8-3-2-4(5,6)7;;;/h2*7,12-17,19-21,23H,1-6,8-11,18H2;2-3H2,1H3;2*1H;/q2*-1;;;;+2/p-2. The first-order chi connectivity index (χ1) is 31.6. The molecule has 4 aliphatic rings. The number of hydrogen-bond acceptors (Lipinski definition) is 0. The summed E-state index contributed by atoms with van der Waals surface area (Å²) in [6.45, 7) is 1.93. The molecule has 0 unspecified atom stereocenters. The van der Waals surface area contributed by atoms with Crippen LogP contribution in [0.25, 0.3) is 43.8 Å². The number of rotatable bonds is 10.